The minimum absolute atomic E-state index is 0.379. The highest BCUT2D eigenvalue weighted by Gasteiger charge is 2.49. The summed E-state index contributed by atoms with van der Waals surface area (Å²) in [5.41, 5.74) is 1.74. The molecule has 21 heavy (non-hydrogen) atoms. The Morgan fingerprint density at radius 2 is 2.14 bits per heavy atom. The lowest BCUT2D eigenvalue weighted by molar-refractivity contribution is 0.0311. The van der Waals surface area contributed by atoms with Crippen molar-refractivity contribution >= 4 is 0 Å². The molecule has 0 radical (unpaired) electrons. The fraction of sp³-hybridized carbons (Fsp3) is 0.824. The van der Waals surface area contributed by atoms with Crippen LogP contribution in [0, 0.1) is 11.8 Å². The van der Waals surface area contributed by atoms with Gasteiger partial charge in [0.15, 0.2) is 0 Å². The lowest BCUT2D eigenvalue weighted by Crippen LogP contribution is -2.65. The smallest absolute Gasteiger partial charge is 0.0492 e. The number of aromatic nitrogens is 2. The van der Waals surface area contributed by atoms with Crippen LogP contribution in [-0.4, -0.2) is 45.9 Å². The predicted molar refractivity (Wildman–Crippen MR) is 84.1 cm³/mol. The number of hydrogen-bond acceptors (Lipinski definition) is 3. The number of rotatable bonds is 5. The molecular formula is C17H28N4. The van der Waals surface area contributed by atoms with Gasteiger partial charge in [-0.2, -0.15) is 5.10 Å². The van der Waals surface area contributed by atoms with Crippen molar-refractivity contribution < 1.29 is 0 Å². The SMILES string of the molecule is Cn1nccc1CCN1CC(C2CC2)NCC1(C)C1CC1. The summed E-state index contributed by atoms with van der Waals surface area (Å²) < 4.78 is 2.02. The fourth-order valence-corrected chi connectivity index (χ4v) is 4.12. The third kappa shape index (κ3) is 2.64. The molecule has 2 heterocycles. The summed E-state index contributed by atoms with van der Waals surface area (Å²) in [7, 11) is 2.06. The highest BCUT2D eigenvalue weighted by molar-refractivity contribution is 5.08. The van der Waals surface area contributed by atoms with E-state index in [0.717, 1.165) is 24.3 Å². The van der Waals surface area contributed by atoms with Gasteiger partial charge in [0.2, 0.25) is 0 Å². The average Bonchev–Trinajstić information content (AvgIpc) is 3.37. The van der Waals surface area contributed by atoms with Crippen LogP contribution >= 0.6 is 0 Å². The molecule has 3 fully saturated rings. The van der Waals surface area contributed by atoms with E-state index in [2.05, 4.69) is 35.4 Å². The molecule has 4 nitrogen and oxygen atoms in total. The number of piperazine rings is 1. The second-order valence-electron chi connectivity index (χ2n) is 7.60. The zero-order valence-electron chi connectivity index (χ0n) is 13.4. The molecule has 4 heteroatoms. The van der Waals surface area contributed by atoms with E-state index >= 15 is 0 Å². The van der Waals surface area contributed by atoms with Gasteiger partial charge in [0.25, 0.3) is 0 Å². The monoisotopic (exact) mass is 288 g/mol. The third-order valence-corrected chi connectivity index (χ3v) is 6.07. The minimum atomic E-state index is 0.379. The van der Waals surface area contributed by atoms with Crippen molar-refractivity contribution in [3.05, 3.63) is 18.0 Å². The van der Waals surface area contributed by atoms with Gasteiger partial charge in [-0.3, -0.25) is 9.58 Å². The van der Waals surface area contributed by atoms with Gasteiger partial charge in [-0.1, -0.05) is 0 Å². The maximum absolute atomic E-state index is 4.30. The van der Waals surface area contributed by atoms with E-state index in [1.165, 1.54) is 51.0 Å². The van der Waals surface area contributed by atoms with Crippen LogP contribution in [0.2, 0.25) is 0 Å². The van der Waals surface area contributed by atoms with Crippen molar-refractivity contribution in [2.45, 2.75) is 50.6 Å². The molecule has 0 bridgehead atoms. The minimum Gasteiger partial charge on any atom is -0.311 e. The Hall–Kier alpha value is -0.870. The largest absolute Gasteiger partial charge is 0.311 e. The molecule has 2 atom stereocenters. The van der Waals surface area contributed by atoms with Gasteiger partial charge in [0, 0.05) is 56.6 Å². The molecule has 1 aromatic rings. The zero-order chi connectivity index (χ0) is 14.4. The van der Waals surface area contributed by atoms with E-state index in [9.17, 15) is 0 Å². The molecule has 4 rings (SSSR count). The van der Waals surface area contributed by atoms with Gasteiger partial charge in [-0.15, -0.1) is 0 Å². The van der Waals surface area contributed by atoms with Crippen LogP contribution in [0.15, 0.2) is 12.3 Å². The summed E-state index contributed by atoms with van der Waals surface area (Å²) in [5, 5.41) is 8.17. The molecular weight excluding hydrogens is 260 g/mol. The van der Waals surface area contributed by atoms with Crippen molar-refractivity contribution in [3.8, 4) is 0 Å². The molecule has 0 amide bonds. The number of aryl methyl sites for hydroxylation is 1. The zero-order valence-corrected chi connectivity index (χ0v) is 13.4. The highest BCUT2D eigenvalue weighted by Crippen LogP contribution is 2.45. The van der Waals surface area contributed by atoms with Crippen molar-refractivity contribution in [2.24, 2.45) is 18.9 Å². The Bertz CT molecular complexity index is 503. The van der Waals surface area contributed by atoms with E-state index in [1.807, 2.05) is 10.9 Å². The average molecular weight is 288 g/mol. The molecule has 1 N–H and O–H groups in total. The Labute approximate surface area is 127 Å². The Balaban J connectivity index is 1.46. The first-order valence-electron chi connectivity index (χ1n) is 8.62. The molecule has 2 aliphatic carbocycles. The van der Waals surface area contributed by atoms with Gasteiger partial charge >= 0.3 is 0 Å². The molecule has 1 aromatic heterocycles. The van der Waals surface area contributed by atoms with Gasteiger partial charge in [-0.05, 0) is 50.5 Å². The quantitative estimate of drug-likeness (QED) is 0.897. The van der Waals surface area contributed by atoms with E-state index < -0.39 is 0 Å². The topological polar surface area (TPSA) is 33.1 Å². The van der Waals surface area contributed by atoms with Gasteiger partial charge < -0.3 is 5.32 Å². The van der Waals surface area contributed by atoms with Crippen LogP contribution in [0.25, 0.3) is 0 Å². The Morgan fingerprint density at radius 1 is 1.33 bits per heavy atom. The standard InChI is InChI=1S/C17H28N4/c1-17(14-5-6-14)12-18-16(13-3-4-13)11-21(17)10-8-15-7-9-19-20(15)2/h7,9,13-14,16,18H,3-6,8,10-12H2,1-2H3. The highest BCUT2D eigenvalue weighted by atomic mass is 15.3. The Kier molecular flexibility index (Phi) is 3.34. The second-order valence-corrected chi connectivity index (χ2v) is 7.60. The number of nitrogens with zero attached hydrogens (tertiary/aromatic N) is 3. The van der Waals surface area contributed by atoms with E-state index in [-0.39, 0.29) is 0 Å². The lowest BCUT2D eigenvalue weighted by atomic mass is 9.88. The van der Waals surface area contributed by atoms with Gasteiger partial charge in [0.1, 0.15) is 0 Å². The lowest BCUT2D eigenvalue weighted by Gasteiger charge is -2.49. The summed E-state index contributed by atoms with van der Waals surface area (Å²) in [5.74, 6) is 1.87. The maximum Gasteiger partial charge on any atom is 0.0492 e. The van der Waals surface area contributed by atoms with E-state index in [0.29, 0.717) is 5.54 Å². The van der Waals surface area contributed by atoms with Crippen molar-refractivity contribution in [1.29, 1.82) is 0 Å². The van der Waals surface area contributed by atoms with Crippen LogP contribution in [-0.2, 0) is 13.5 Å². The van der Waals surface area contributed by atoms with Crippen LogP contribution in [0.4, 0.5) is 0 Å². The molecule has 116 valence electrons. The van der Waals surface area contributed by atoms with E-state index in [1.54, 1.807) is 0 Å². The molecule has 2 saturated carbocycles. The maximum atomic E-state index is 4.30. The first-order valence-corrected chi connectivity index (χ1v) is 8.62. The third-order valence-electron chi connectivity index (χ3n) is 6.07. The molecule has 0 aromatic carbocycles. The second kappa shape index (κ2) is 5.10. The van der Waals surface area contributed by atoms with E-state index in [4.69, 9.17) is 0 Å². The molecule has 3 aliphatic rings. The van der Waals surface area contributed by atoms with Crippen LogP contribution < -0.4 is 5.32 Å². The van der Waals surface area contributed by atoms with Crippen molar-refractivity contribution in [3.63, 3.8) is 0 Å². The van der Waals surface area contributed by atoms with Crippen LogP contribution in [0.5, 0.6) is 0 Å². The molecule has 1 saturated heterocycles. The van der Waals surface area contributed by atoms with Crippen molar-refractivity contribution in [2.75, 3.05) is 19.6 Å². The molecule has 0 spiro atoms. The summed E-state index contributed by atoms with van der Waals surface area (Å²) in [4.78, 5) is 2.80. The summed E-state index contributed by atoms with van der Waals surface area (Å²) in [6.07, 6.45) is 8.76. The van der Waals surface area contributed by atoms with Crippen LogP contribution in [0.3, 0.4) is 0 Å². The first kappa shape index (κ1) is 13.8. The summed E-state index contributed by atoms with van der Waals surface area (Å²) in [6, 6.07) is 2.90. The summed E-state index contributed by atoms with van der Waals surface area (Å²) >= 11 is 0. The van der Waals surface area contributed by atoms with Crippen LogP contribution in [0.1, 0.15) is 38.3 Å². The Morgan fingerprint density at radius 3 is 2.76 bits per heavy atom. The first-order chi connectivity index (χ1) is 10.2. The molecule has 2 unspecified atom stereocenters. The normalized spacial score (nSPS) is 34.3. The predicted octanol–water partition coefficient (Wildman–Crippen LogP) is 1.82. The summed E-state index contributed by atoms with van der Waals surface area (Å²) in [6.45, 7) is 6.10. The van der Waals surface area contributed by atoms with Gasteiger partial charge in [0.05, 0.1) is 0 Å². The number of hydrogen-bond donors (Lipinski definition) is 1. The van der Waals surface area contributed by atoms with Crippen molar-refractivity contribution in [1.82, 2.24) is 20.0 Å². The fourth-order valence-electron chi connectivity index (χ4n) is 4.12. The van der Waals surface area contributed by atoms with Gasteiger partial charge in [-0.25, -0.2) is 0 Å². The number of nitrogens with one attached hydrogen (secondary N) is 1. The molecule has 1 aliphatic heterocycles.